The van der Waals surface area contributed by atoms with Gasteiger partial charge in [0.05, 0.1) is 16.8 Å². The van der Waals surface area contributed by atoms with Gasteiger partial charge in [0.25, 0.3) is 10.0 Å². The van der Waals surface area contributed by atoms with Crippen molar-refractivity contribution in [1.29, 1.82) is 0 Å². The minimum Gasteiger partial charge on any atom is -0.278 e. The van der Waals surface area contributed by atoms with Gasteiger partial charge in [0, 0.05) is 5.02 Å². The Kier molecular flexibility index (Phi) is 4.36. The van der Waals surface area contributed by atoms with Crippen LogP contribution in [0, 0.1) is 13.8 Å². The van der Waals surface area contributed by atoms with Crippen molar-refractivity contribution in [1.82, 2.24) is 4.98 Å². The van der Waals surface area contributed by atoms with Gasteiger partial charge in [-0.25, -0.2) is 13.4 Å². The van der Waals surface area contributed by atoms with E-state index in [2.05, 4.69) is 25.6 Å². The highest BCUT2D eigenvalue weighted by atomic mass is 79.9. The van der Waals surface area contributed by atoms with Crippen molar-refractivity contribution < 1.29 is 8.42 Å². The standard InChI is InChI=1S/C13H12BrClN2O2S/c1-8-5-10(15)3-4-12(8)20(18,19)17-11-6-9(2)13(14)16-7-11/h3-7,17H,1-2H3. The maximum Gasteiger partial charge on any atom is 0.262 e. The SMILES string of the molecule is Cc1cc(Cl)ccc1S(=O)(=O)Nc1cnc(Br)c(C)c1. The Morgan fingerprint density at radius 3 is 2.50 bits per heavy atom. The van der Waals surface area contributed by atoms with E-state index in [1.165, 1.54) is 12.3 Å². The van der Waals surface area contributed by atoms with E-state index in [1.54, 1.807) is 25.1 Å². The molecular formula is C13H12BrClN2O2S. The zero-order chi connectivity index (χ0) is 14.9. The summed E-state index contributed by atoms with van der Waals surface area (Å²) in [6.45, 7) is 3.54. The lowest BCUT2D eigenvalue weighted by Gasteiger charge is -2.11. The molecule has 0 aliphatic heterocycles. The number of rotatable bonds is 3. The summed E-state index contributed by atoms with van der Waals surface area (Å²) < 4.78 is 27.9. The second-order valence-electron chi connectivity index (χ2n) is 4.35. The Morgan fingerprint density at radius 1 is 1.20 bits per heavy atom. The molecule has 0 amide bonds. The second kappa shape index (κ2) is 5.71. The first-order chi connectivity index (χ1) is 9.29. The van der Waals surface area contributed by atoms with Crippen molar-refractivity contribution in [2.24, 2.45) is 0 Å². The lowest BCUT2D eigenvalue weighted by molar-refractivity contribution is 0.600. The van der Waals surface area contributed by atoms with E-state index in [1.807, 2.05) is 6.92 Å². The summed E-state index contributed by atoms with van der Waals surface area (Å²) in [6, 6.07) is 6.36. The number of aryl methyl sites for hydroxylation is 2. The molecule has 0 radical (unpaired) electrons. The van der Waals surface area contributed by atoms with Gasteiger partial charge in [-0.3, -0.25) is 4.72 Å². The summed E-state index contributed by atoms with van der Waals surface area (Å²) in [5.74, 6) is 0. The van der Waals surface area contributed by atoms with Crippen LogP contribution < -0.4 is 4.72 Å². The van der Waals surface area contributed by atoms with Gasteiger partial charge >= 0.3 is 0 Å². The molecule has 0 atom stereocenters. The fourth-order valence-corrected chi connectivity index (χ4v) is 3.44. The topological polar surface area (TPSA) is 59.1 Å². The summed E-state index contributed by atoms with van der Waals surface area (Å²) in [7, 11) is -3.65. The second-order valence-corrected chi connectivity index (χ2v) is 7.19. The molecular weight excluding hydrogens is 364 g/mol. The molecule has 1 aromatic heterocycles. The van der Waals surface area contributed by atoms with Gasteiger partial charge in [-0.2, -0.15) is 0 Å². The third kappa shape index (κ3) is 3.31. The third-order valence-corrected chi connectivity index (χ3v) is 5.30. The van der Waals surface area contributed by atoms with E-state index in [0.29, 0.717) is 20.9 Å². The Morgan fingerprint density at radius 2 is 1.90 bits per heavy atom. The largest absolute Gasteiger partial charge is 0.278 e. The van der Waals surface area contributed by atoms with Crippen molar-refractivity contribution in [3.63, 3.8) is 0 Å². The van der Waals surface area contributed by atoms with Crippen LogP contribution >= 0.6 is 27.5 Å². The zero-order valence-electron chi connectivity index (χ0n) is 10.8. The first kappa shape index (κ1) is 15.3. The summed E-state index contributed by atoms with van der Waals surface area (Å²) >= 11 is 9.11. The van der Waals surface area contributed by atoms with E-state index >= 15 is 0 Å². The summed E-state index contributed by atoms with van der Waals surface area (Å²) in [6.07, 6.45) is 1.46. The van der Waals surface area contributed by atoms with Crippen LogP contribution in [-0.4, -0.2) is 13.4 Å². The minimum atomic E-state index is -3.65. The number of sulfonamides is 1. The molecule has 0 saturated carbocycles. The number of aromatic nitrogens is 1. The minimum absolute atomic E-state index is 0.197. The molecule has 20 heavy (non-hydrogen) atoms. The molecule has 0 bridgehead atoms. The number of hydrogen-bond donors (Lipinski definition) is 1. The van der Waals surface area contributed by atoms with Crippen LogP contribution in [0.4, 0.5) is 5.69 Å². The fourth-order valence-electron chi connectivity index (χ4n) is 1.74. The zero-order valence-corrected chi connectivity index (χ0v) is 14.0. The molecule has 0 fully saturated rings. The van der Waals surface area contributed by atoms with Crippen LogP contribution in [0.5, 0.6) is 0 Å². The molecule has 2 rings (SSSR count). The highest BCUT2D eigenvalue weighted by molar-refractivity contribution is 9.10. The van der Waals surface area contributed by atoms with Crippen molar-refractivity contribution in [2.75, 3.05) is 4.72 Å². The summed E-state index contributed by atoms with van der Waals surface area (Å²) in [5.41, 5.74) is 1.85. The molecule has 106 valence electrons. The fraction of sp³-hybridized carbons (Fsp3) is 0.154. The van der Waals surface area contributed by atoms with E-state index in [9.17, 15) is 8.42 Å². The van der Waals surface area contributed by atoms with E-state index in [-0.39, 0.29) is 4.90 Å². The van der Waals surface area contributed by atoms with E-state index < -0.39 is 10.0 Å². The smallest absolute Gasteiger partial charge is 0.262 e. The number of benzene rings is 1. The Hall–Kier alpha value is -1.11. The number of nitrogens with zero attached hydrogens (tertiary/aromatic N) is 1. The van der Waals surface area contributed by atoms with Crippen molar-refractivity contribution >= 4 is 43.2 Å². The van der Waals surface area contributed by atoms with Gasteiger partial charge in [-0.1, -0.05) is 11.6 Å². The van der Waals surface area contributed by atoms with Gasteiger partial charge in [-0.15, -0.1) is 0 Å². The van der Waals surface area contributed by atoms with E-state index in [4.69, 9.17) is 11.6 Å². The molecule has 0 aliphatic rings. The van der Waals surface area contributed by atoms with Crippen LogP contribution in [0.2, 0.25) is 5.02 Å². The molecule has 0 aliphatic carbocycles. The van der Waals surface area contributed by atoms with Crippen LogP contribution in [0.1, 0.15) is 11.1 Å². The predicted octanol–water partition coefficient (Wildman–Crippen LogP) is 3.92. The lowest BCUT2D eigenvalue weighted by atomic mass is 10.2. The number of halogens is 2. The maximum atomic E-state index is 12.3. The van der Waals surface area contributed by atoms with Gasteiger partial charge < -0.3 is 0 Å². The van der Waals surface area contributed by atoms with Gasteiger partial charge in [0.1, 0.15) is 4.60 Å². The Labute approximate surface area is 131 Å². The van der Waals surface area contributed by atoms with Crippen molar-refractivity contribution in [3.8, 4) is 0 Å². The number of anilines is 1. The Bertz CT molecular complexity index is 763. The number of nitrogens with one attached hydrogen (secondary N) is 1. The molecule has 1 heterocycles. The van der Waals surface area contributed by atoms with Gasteiger partial charge in [0.15, 0.2) is 0 Å². The van der Waals surface area contributed by atoms with E-state index in [0.717, 1.165) is 5.56 Å². The first-order valence-corrected chi connectivity index (χ1v) is 8.36. The molecule has 1 N–H and O–H groups in total. The summed E-state index contributed by atoms with van der Waals surface area (Å²) in [5, 5.41) is 0.502. The highest BCUT2D eigenvalue weighted by Crippen LogP contribution is 2.23. The Balaban J connectivity index is 2.38. The molecule has 7 heteroatoms. The first-order valence-electron chi connectivity index (χ1n) is 5.71. The number of hydrogen-bond acceptors (Lipinski definition) is 3. The molecule has 1 aromatic carbocycles. The number of pyridine rings is 1. The quantitative estimate of drug-likeness (QED) is 0.827. The summed E-state index contributed by atoms with van der Waals surface area (Å²) in [4.78, 5) is 4.26. The van der Waals surface area contributed by atoms with Crippen LogP contribution in [0.25, 0.3) is 0 Å². The molecule has 0 saturated heterocycles. The van der Waals surface area contributed by atoms with Crippen molar-refractivity contribution in [2.45, 2.75) is 18.7 Å². The van der Waals surface area contributed by atoms with Crippen LogP contribution in [-0.2, 0) is 10.0 Å². The van der Waals surface area contributed by atoms with Crippen molar-refractivity contribution in [3.05, 3.63) is 51.2 Å². The predicted molar refractivity (Wildman–Crippen MR) is 83.7 cm³/mol. The normalized spacial score (nSPS) is 11.4. The third-order valence-electron chi connectivity index (χ3n) is 2.69. The monoisotopic (exact) mass is 374 g/mol. The van der Waals surface area contributed by atoms with Gasteiger partial charge in [0.2, 0.25) is 0 Å². The average molecular weight is 376 g/mol. The molecule has 0 unspecified atom stereocenters. The van der Waals surface area contributed by atoms with Gasteiger partial charge in [-0.05, 0) is 65.2 Å². The highest BCUT2D eigenvalue weighted by Gasteiger charge is 2.17. The van der Waals surface area contributed by atoms with Crippen LogP contribution in [0.15, 0.2) is 40.0 Å². The molecule has 4 nitrogen and oxygen atoms in total. The molecule has 0 spiro atoms. The lowest BCUT2D eigenvalue weighted by Crippen LogP contribution is -2.14. The van der Waals surface area contributed by atoms with Crippen LogP contribution in [0.3, 0.4) is 0 Å². The maximum absolute atomic E-state index is 12.3. The molecule has 2 aromatic rings. The average Bonchev–Trinajstić information content (AvgIpc) is 2.33.